The van der Waals surface area contributed by atoms with Crippen LogP contribution >= 0.6 is 28.1 Å². The van der Waals surface area contributed by atoms with Gasteiger partial charge in [0.2, 0.25) is 0 Å². The number of carbonyl (C=O) groups is 2. The topological polar surface area (TPSA) is 88.7 Å². The molecule has 0 fully saturated rings. The van der Waals surface area contributed by atoms with Gasteiger partial charge < -0.3 is 9.47 Å². The van der Waals surface area contributed by atoms with E-state index in [1.807, 2.05) is 62.4 Å². The third kappa shape index (κ3) is 8.08. The summed E-state index contributed by atoms with van der Waals surface area (Å²) in [7, 11) is 0. The lowest BCUT2D eigenvalue weighted by molar-refractivity contribution is -0.123. The van der Waals surface area contributed by atoms with Gasteiger partial charge in [0, 0.05) is 10.9 Å². The van der Waals surface area contributed by atoms with E-state index in [1.165, 1.54) is 0 Å². The second-order valence-electron chi connectivity index (χ2n) is 7.69. The van der Waals surface area contributed by atoms with Crippen LogP contribution in [0.3, 0.4) is 0 Å². The van der Waals surface area contributed by atoms with Crippen molar-refractivity contribution < 1.29 is 19.1 Å². The number of benzene rings is 3. The number of aryl methyl sites for hydroxylation is 2. The van der Waals surface area contributed by atoms with Crippen molar-refractivity contribution in [2.24, 2.45) is 0 Å². The van der Waals surface area contributed by atoms with Crippen LogP contribution in [0.5, 0.6) is 11.5 Å². The van der Waals surface area contributed by atoms with Crippen molar-refractivity contribution in [3.63, 3.8) is 0 Å². The van der Waals surface area contributed by atoms with Crippen molar-refractivity contribution in [3.05, 3.63) is 93.5 Å². The maximum Gasteiger partial charge on any atom is 0.276 e. The fourth-order valence-corrected chi connectivity index (χ4v) is 3.76. The smallest absolute Gasteiger partial charge is 0.276 e. The molecule has 0 saturated carbocycles. The van der Waals surface area contributed by atoms with Crippen LogP contribution in [0.15, 0.2) is 71.2 Å². The van der Waals surface area contributed by atoms with Crippen LogP contribution in [-0.4, -0.2) is 30.1 Å². The molecular formula is C26H26BrN3O4S. The van der Waals surface area contributed by atoms with Gasteiger partial charge in [-0.25, -0.2) is 0 Å². The van der Waals surface area contributed by atoms with Gasteiger partial charge >= 0.3 is 0 Å². The largest absolute Gasteiger partial charge is 0.492 e. The lowest BCUT2D eigenvalue weighted by Gasteiger charge is -2.15. The summed E-state index contributed by atoms with van der Waals surface area (Å²) in [6, 6.07) is 20.8. The van der Waals surface area contributed by atoms with Crippen LogP contribution < -0.4 is 25.6 Å². The lowest BCUT2D eigenvalue weighted by atomic mass is 10.1. The molecule has 182 valence electrons. The average molecular weight is 556 g/mol. The van der Waals surface area contributed by atoms with Gasteiger partial charge in [0.15, 0.2) is 11.7 Å². The summed E-state index contributed by atoms with van der Waals surface area (Å²) < 4.78 is 12.2. The molecule has 0 bridgehead atoms. The molecule has 0 aliphatic carbocycles. The van der Waals surface area contributed by atoms with E-state index in [-0.39, 0.29) is 11.7 Å². The molecular weight excluding hydrogens is 530 g/mol. The fraction of sp³-hybridized carbons (Fsp3) is 0.192. The molecule has 0 saturated heterocycles. The molecule has 3 aromatic rings. The number of para-hydroxylation sites is 1. The Labute approximate surface area is 218 Å². The SMILES string of the molecule is Cc1cccc(C)c1OCC(=O)NNC(=S)NC(=O)c1cc(Br)ccc1OCCc1ccccc1. The Balaban J connectivity index is 1.49. The second kappa shape index (κ2) is 12.9. The van der Waals surface area contributed by atoms with E-state index in [0.717, 1.165) is 16.7 Å². The molecule has 3 aromatic carbocycles. The van der Waals surface area contributed by atoms with E-state index in [9.17, 15) is 9.59 Å². The van der Waals surface area contributed by atoms with Crippen LogP contribution in [0.2, 0.25) is 0 Å². The molecule has 0 radical (unpaired) electrons. The van der Waals surface area contributed by atoms with Gasteiger partial charge in [0.05, 0.1) is 12.2 Å². The third-order valence-electron chi connectivity index (χ3n) is 4.98. The molecule has 3 rings (SSSR count). The molecule has 0 unspecified atom stereocenters. The molecule has 9 heteroatoms. The summed E-state index contributed by atoms with van der Waals surface area (Å²) in [5.41, 5.74) is 8.24. The molecule has 7 nitrogen and oxygen atoms in total. The highest BCUT2D eigenvalue weighted by Crippen LogP contribution is 2.24. The Morgan fingerprint density at radius 1 is 0.914 bits per heavy atom. The molecule has 3 N–H and O–H groups in total. The number of rotatable bonds is 8. The van der Waals surface area contributed by atoms with Crippen molar-refractivity contribution in [2.45, 2.75) is 20.3 Å². The standard InChI is InChI=1S/C26H26BrN3O4S/c1-17-7-6-8-18(2)24(17)34-16-23(31)29-30-26(35)28-25(32)21-15-20(27)11-12-22(21)33-14-13-19-9-4-3-5-10-19/h3-12,15H,13-14,16H2,1-2H3,(H,29,31)(H2,28,30,32,35). The van der Waals surface area contributed by atoms with E-state index in [2.05, 4.69) is 32.1 Å². The first kappa shape index (κ1) is 26.2. The van der Waals surface area contributed by atoms with E-state index in [0.29, 0.717) is 34.6 Å². The minimum atomic E-state index is -0.473. The quantitative estimate of drug-likeness (QED) is 0.282. The maximum atomic E-state index is 12.8. The van der Waals surface area contributed by atoms with Crippen LogP contribution in [-0.2, 0) is 11.2 Å². The van der Waals surface area contributed by atoms with Gasteiger partial charge in [-0.15, -0.1) is 0 Å². The van der Waals surface area contributed by atoms with Gasteiger partial charge in [-0.3, -0.25) is 25.8 Å². The predicted molar refractivity (Wildman–Crippen MR) is 143 cm³/mol. The first-order chi connectivity index (χ1) is 16.8. The van der Waals surface area contributed by atoms with Crippen LogP contribution in [0.1, 0.15) is 27.0 Å². The van der Waals surface area contributed by atoms with Gasteiger partial charge in [-0.1, -0.05) is 64.5 Å². The zero-order chi connectivity index (χ0) is 25.2. The average Bonchev–Trinajstić information content (AvgIpc) is 2.84. The highest BCUT2D eigenvalue weighted by molar-refractivity contribution is 9.10. The Kier molecular flexibility index (Phi) is 9.63. The van der Waals surface area contributed by atoms with Gasteiger partial charge in [0.1, 0.15) is 11.5 Å². The van der Waals surface area contributed by atoms with Crippen LogP contribution in [0.4, 0.5) is 0 Å². The van der Waals surface area contributed by atoms with Crippen LogP contribution in [0.25, 0.3) is 0 Å². The number of halogens is 1. The van der Waals surface area contributed by atoms with Crippen molar-refractivity contribution in [1.29, 1.82) is 0 Å². The third-order valence-corrected chi connectivity index (χ3v) is 5.67. The zero-order valence-electron chi connectivity index (χ0n) is 19.4. The van der Waals surface area contributed by atoms with Gasteiger partial charge in [-0.2, -0.15) is 0 Å². The summed E-state index contributed by atoms with van der Waals surface area (Å²) in [6.07, 6.45) is 0.702. The molecule has 0 aliphatic heterocycles. The van der Waals surface area contributed by atoms with Crippen molar-refractivity contribution in [3.8, 4) is 11.5 Å². The normalized spacial score (nSPS) is 10.3. The predicted octanol–water partition coefficient (Wildman–Crippen LogP) is 4.40. The second-order valence-corrected chi connectivity index (χ2v) is 9.01. The number of nitrogens with one attached hydrogen (secondary N) is 3. The lowest BCUT2D eigenvalue weighted by Crippen LogP contribution is -2.49. The molecule has 0 aromatic heterocycles. The summed E-state index contributed by atoms with van der Waals surface area (Å²) >= 11 is 8.52. The molecule has 2 amide bonds. The van der Waals surface area contributed by atoms with Crippen molar-refractivity contribution >= 4 is 45.1 Å². The minimum Gasteiger partial charge on any atom is -0.492 e. The number of ether oxygens (including phenoxy) is 2. The minimum absolute atomic E-state index is 0.0642. The zero-order valence-corrected chi connectivity index (χ0v) is 21.8. The fourth-order valence-electron chi connectivity index (χ4n) is 3.26. The van der Waals surface area contributed by atoms with E-state index >= 15 is 0 Å². The number of carbonyl (C=O) groups excluding carboxylic acids is 2. The Morgan fingerprint density at radius 2 is 1.63 bits per heavy atom. The van der Waals surface area contributed by atoms with E-state index in [4.69, 9.17) is 21.7 Å². The summed E-state index contributed by atoms with van der Waals surface area (Å²) in [5, 5.41) is 2.48. The van der Waals surface area contributed by atoms with Crippen molar-refractivity contribution in [1.82, 2.24) is 16.2 Å². The van der Waals surface area contributed by atoms with Crippen molar-refractivity contribution in [2.75, 3.05) is 13.2 Å². The van der Waals surface area contributed by atoms with Gasteiger partial charge in [0.25, 0.3) is 11.8 Å². The monoisotopic (exact) mass is 555 g/mol. The molecule has 0 heterocycles. The molecule has 0 aliphatic rings. The summed E-state index contributed by atoms with van der Waals surface area (Å²) in [6.45, 7) is 4.01. The van der Waals surface area contributed by atoms with Gasteiger partial charge in [-0.05, 0) is 61.0 Å². The highest BCUT2D eigenvalue weighted by atomic mass is 79.9. The molecule has 0 spiro atoms. The maximum absolute atomic E-state index is 12.8. The first-order valence-corrected chi connectivity index (χ1v) is 12.1. The van der Waals surface area contributed by atoms with Crippen LogP contribution in [0, 0.1) is 13.8 Å². The number of amides is 2. The first-order valence-electron chi connectivity index (χ1n) is 10.9. The number of thiocarbonyl (C=S) groups is 1. The Hall–Kier alpha value is -3.43. The summed E-state index contributed by atoms with van der Waals surface area (Å²) in [5.74, 6) is 0.166. The van der Waals surface area contributed by atoms with E-state index in [1.54, 1.807) is 18.2 Å². The number of hydrazine groups is 1. The Morgan fingerprint density at radius 3 is 2.34 bits per heavy atom. The van der Waals surface area contributed by atoms with E-state index < -0.39 is 11.8 Å². The summed E-state index contributed by atoms with van der Waals surface area (Å²) in [4.78, 5) is 25.0. The number of hydrogen-bond donors (Lipinski definition) is 3. The molecule has 0 atom stereocenters. The molecule has 35 heavy (non-hydrogen) atoms. The highest BCUT2D eigenvalue weighted by Gasteiger charge is 2.15. The number of hydrogen-bond acceptors (Lipinski definition) is 5. The Bertz CT molecular complexity index is 1180.